The molecule has 14 heteroatoms. The van der Waals surface area contributed by atoms with E-state index in [9.17, 15) is 33.9 Å². The highest BCUT2D eigenvalue weighted by atomic mass is 16.4. The standard InChI is InChI=1S/C21H28N4O10/c26-16(27)9-8-15(19(32)33)25-21(35)24-14(18(30)31)3-1-2-10-22-20(34)23-13-6-4-12(5-7-13)11-17(28)29/h4-7,14-15H,1-3,8-11H2,(H,26,27)(H,28,29)(H,30,31)(H,32,33)(H2,22,23,34)(H2,24,25,35)/t14-,15-/m0/s1. The maximum Gasteiger partial charge on any atom is 0.326 e. The fourth-order valence-electron chi connectivity index (χ4n) is 2.87. The van der Waals surface area contributed by atoms with Crippen molar-refractivity contribution in [3.63, 3.8) is 0 Å². The first kappa shape index (κ1) is 28.7. The topological polar surface area (TPSA) is 231 Å². The number of urea groups is 2. The van der Waals surface area contributed by atoms with Gasteiger partial charge in [0.15, 0.2) is 0 Å². The second-order valence-electron chi connectivity index (χ2n) is 7.48. The molecule has 1 rings (SSSR count). The number of anilines is 1. The molecule has 1 aromatic rings. The van der Waals surface area contributed by atoms with Crippen molar-refractivity contribution < 1.29 is 49.2 Å². The van der Waals surface area contributed by atoms with Crippen LogP contribution >= 0.6 is 0 Å². The Morgan fingerprint density at radius 3 is 1.80 bits per heavy atom. The van der Waals surface area contributed by atoms with Crippen molar-refractivity contribution >= 4 is 41.6 Å². The van der Waals surface area contributed by atoms with Crippen molar-refractivity contribution in [3.8, 4) is 0 Å². The Labute approximate surface area is 199 Å². The van der Waals surface area contributed by atoms with Crippen LogP contribution in [0.2, 0.25) is 0 Å². The van der Waals surface area contributed by atoms with Gasteiger partial charge in [-0.1, -0.05) is 12.1 Å². The number of carbonyl (C=O) groups excluding carboxylic acids is 2. The minimum atomic E-state index is -1.49. The maximum absolute atomic E-state index is 12.0. The average molecular weight is 496 g/mol. The molecular weight excluding hydrogens is 468 g/mol. The van der Waals surface area contributed by atoms with E-state index in [1.54, 1.807) is 24.3 Å². The monoisotopic (exact) mass is 496 g/mol. The minimum Gasteiger partial charge on any atom is -0.481 e. The number of nitrogens with one attached hydrogen (secondary N) is 4. The lowest BCUT2D eigenvalue weighted by atomic mass is 10.1. The normalized spacial score (nSPS) is 12.0. The summed E-state index contributed by atoms with van der Waals surface area (Å²) in [5, 5.41) is 45.0. The van der Waals surface area contributed by atoms with Gasteiger partial charge >= 0.3 is 35.9 Å². The summed E-state index contributed by atoms with van der Waals surface area (Å²) in [4.78, 5) is 67.6. The Morgan fingerprint density at radius 1 is 0.714 bits per heavy atom. The molecule has 2 atom stereocenters. The van der Waals surface area contributed by atoms with E-state index in [0.717, 1.165) is 0 Å². The Morgan fingerprint density at radius 2 is 1.29 bits per heavy atom. The molecule has 0 spiro atoms. The highest BCUT2D eigenvalue weighted by molar-refractivity contribution is 5.89. The average Bonchev–Trinajstić information content (AvgIpc) is 2.76. The first-order valence-corrected chi connectivity index (χ1v) is 10.6. The zero-order chi connectivity index (χ0) is 26.4. The van der Waals surface area contributed by atoms with Gasteiger partial charge in [-0.25, -0.2) is 19.2 Å². The van der Waals surface area contributed by atoms with Gasteiger partial charge in [0.25, 0.3) is 0 Å². The molecule has 0 aromatic heterocycles. The van der Waals surface area contributed by atoms with Crippen LogP contribution in [0.3, 0.4) is 0 Å². The van der Waals surface area contributed by atoms with Crippen LogP contribution < -0.4 is 21.3 Å². The zero-order valence-corrected chi connectivity index (χ0v) is 18.7. The van der Waals surface area contributed by atoms with Gasteiger partial charge in [0.05, 0.1) is 6.42 Å². The lowest BCUT2D eigenvalue weighted by Gasteiger charge is -2.18. The zero-order valence-electron chi connectivity index (χ0n) is 18.7. The number of unbranched alkanes of at least 4 members (excludes halogenated alkanes) is 1. The van der Waals surface area contributed by atoms with Crippen LogP contribution in [0.25, 0.3) is 0 Å². The Kier molecular flexibility index (Phi) is 12.1. The first-order valence-electron chi connectivity index (χ1n) is 10.6. The number of aliphatic carboxylic acids is 4. The predicted octanol–water partition coefficient (Wildman–Crippen LogP) is 0.676. The van der Waals surface area contributed by atoms with Crippen LogP contribution in [-0.2, 0) is 25.6 Å². The molecule has 0 bridgehead atoms. The van der Waals surface area contributed by atoms with Crippen molar-refractivity contribution in [3.05, 3.63) is 29.8 Å². The van der Waals surface area contributed by atoms with Crippen LogP contribution in [0.1, 0.15) is 37.7 Å². The number of hydrogen-bond acceptors (Lipinski definition) is 6. The lowest BCUT2D eigenvalue weighted by molar-refractivity contribution is -0.141. The van der Waals surface area contributed by atoms with Crippen LogP contribution in [-0.4, -0.2) is 75.0 Å². The molecule has 0 saturated heterocycles. The third-order valence-electron chi connectivity index (χ3n) is 4.63. The van der Waals surface area contributed by atoms with E-state index in [1.165, 1.54) is 0 Å². The summed E-state index contributed by atoms with van der Waals surface area (Å²) in [5.74, 6) is -4.99. The molecule has 0 unspecified atom stereocenters. The molecule has 0 aliphatic heterocycles. The molecule has 8 N–H and O–H groups in total. The van der Waals surface area contributed by atoms with Crippen molar-refractivity contribution in [2.24, 2.45) is 0 Å². The van der Waals surface area contributed by atoms with Crippen molar-refractivity contribution in [2.75, 3.05) is 11.9 Å². The number of carboxylic acids is 4. The van der Waals surface area contributed by atoms with E-state index in [1.807, 2.05) is 5.32 Å². The van der Waals surface area contributed by atoms with E-state index in [4.69, 9.17) is 15.3 Å². The van der Waals surface area contributed by atoms with Gasteiger partial charge in [-0.05, 0) is 43.4 Å². The molecule has 0 aliphatic carbocycles. The van der Waals surface area contributed by atoms with Gasteiger partial charge in [-0.15, -0.1) is 0 Å². The number of benzene rings is 1. The molecule has 0 saturated carbocycles. The smallest absolute Gasteiger partial charge is 0.326 e. The Balaban J connectivity index is 2.37. The molecule has 0 fully saturated rings. The summed E-state index contributed by atoms with van der Waals surface area (Å²) in [5.41, 5.74) is 1.04. The quantitative estimate of drug-likeness (QED) is 0.158. The molecular formula is C21H28N4O10. The summed E-state index contributed by atoms with van der Waals surface area (Å²) in [6.45, 7) is 0.206. The molecule has 0 radical (unpaired) electrons. The molecule has 0 aliphatic rings. The number of hydrogen-bond donors (Lipinski definition) is 8. The molecule has 14 nitrogen and oxygen atoms in total. The minimum absolute atomic E-state index is 0.00392. The van der Waals surface area contributed by atoms with Crippen molar-refractivity contribution in [1.29, 1.82) is 0 Å². The Hall–Kier alpha value is -4.36. The van der Waals surface area contributed by atoms with Crippen molar-refractivity contribution in [1.82, 2.24) is 16.0 Å². The summed E-state index contributed by atoms with van der Waals surface area (Å²) in [6.07, 6.45) is -0.293. The molecule has 0 heterocycles. The number of carboxylic acid groups (broad SMARTS) is 4. The van der Waals surface area contributed by atoms with Crippen LogP contribution in [0.5, 0.6) is 0 Å². The van der Waals surface area contributed by atoms with Crippen LogP contribution in [0.4, 0.5) is 15.3 Å². The third kappa shape index (κ3) is 12.5. The fourth-order valence-corrected chi connectivity index (χ4v) is 2.87. The second-order valence-corrected chi connectivity index (χ2v) is 7.48. The first-order chi connectivity index (χ1) is 16.5. The lowest BCUT2D eigenvalue weighted by Crippen LogP contribution is -2.51. The SMILES string of the molecule is O=C(O)CC[C@H](NC(=O)N[C@@H](CCCCNC(=O)Nc1ccc(CC(=O)O)cc1)C(=O)O)C(=O)O. The fraction of sp³-hybridized carbons (Fsp3) is 0.429. The van der Waals surface area contributed by atoms with Gasteiger partial charge in [0.2, 0.25) is 0 Å². The molecule has 4 amide bonds. The van der Waals surface area contributed by atoms with E-state index in [-0.39, 0.29) is 25.8 Å². The van der Waals surface area contributed by atoms with E-state index < -0.39 is 54.4 Å². The molecule has 192 valence electrons. The van der Waals surface area contributed by atoms with Gasteiger partial charge in [-0.3, -0.25) is 9.59 Å². The summed E-state index contributed by atoms with van der Waals surface area (Å²) in [7, 11) is 0. The summed E-state index contributed by atoms with van der Waals surface area (Å²) < 4.78 is 0. The summed E-state index contributed by atoms with van der Waals surface area (Å²) >= 11 is 0. The highest BCUT2D eigenvalue weighted by Gasteiger charge is 2.24. The number of amides is 4. The predicted molar refractivity (Wildman–Crippen MR) is 120 cm³/mol. The van der Waals surface area contributed by atoms with Crippen LogP contribution in [0.15, 0.2) is 24.3 Å². The van der Waals surface area contributed by atoms with E-state index in [2.05, 4.69) is 16.0 Å². The third-order valence-corrected chi connectivity index (χ3v) is 4.63. The number of carbonyl (C=O) groups is 6. The highest BCUT2D eigenvalue weighted by Crippen LogP contribution is 2.10. The Bertz CT molecular complexity index is 919. The van der Waals surface area contributed by atoms with Gasteiger partial charge < -0.3 is 41.7 Å². The van der Waals surface area contributed by atoms with Crippen LogP contribution in [0, 0.1) is 0 Å². The molecule has 1 aromatic carbocycles. The van der Waals surface area contributed by atoms with Gasteiger partial charge in [0, 0.05) is 18.7 Å². The number of rotatable bonds is 15. The van der Waals surface area contributed by atoms with Crippen molar-refractivity contribution in [2.45, 2.75) is 50.6 Å². The van der Waals surface area contributed by atoms with Gasteiger partial charge in [0.1, 0.15) is 12.1 Å². The second kappa shape index (κ2) is 14.7. The van der Waals surface area contributed by atoms with E-state index >= 15 is 0 Å². The van der Waals surface area contributed by atoms with E-state index in [0.29, 0.717) is 24.1 Å². The maximum atomic E-state index is 12.0. The summed E-state index contributed by atoms with van der Waals surface area (Å²) in [6, 6.07) is 1.89. The van der Waals surface area contributed by atoms with Gasteiger partial charge in [-0.2, -0.15) is 0 Å². The molecule has 35 heavy (non-hydrogen) atoms. The largest absolute Gasteiger partial charge is 0.481 e.